The molecule has 0 radical (unpaired) electrons. The van der Waals surface area contributed by atoms with E-state index in [1.807, 2.05) is 6.07 Å². The van der Waals surface area contributed by atoms with E-state index in [1.54, 1.807) is 36.9 Å². The maximum Gasteiger partial charge on any atom is 0.251 e. The Morgan fingerprint density at radius 2 is 1.88 bits per heavy atom. The molecule has 0 aliphatic heterocycles. The molecule has 0 saturated carbocycles. The van der Waals surface area contributed by atoms with Crippen molar-refractivity contribution >= 4 is 33.4 Å². The summed E-state index contributed by atoms with van der Waals surface area (Å²) >= 11 is 1.76. The van der Waals surface area contributed by atoms with E-state index < -0.39 is 10.0 Å². The first-order valence-electron chi connectivity index (χ1n) is 8.24. The molecule has 0 aliphatic carbocycles. The molecule has 0 unspecified atom stereocenters. The van der Waals surface area contributed by atoms with E-state index in [0.29, 0.717) is 17.8 Å². The zero-order valence-electron chi connectivity index (χ0n) is 15.2. The Labute approximate surface area is 159 Å². The summed E-state index contributed by atoms with van der Waals surface area (Å²) in [7, 11) is -3.38. The minimum atomic E-state index is -3.38. The zero-order valence-corrected chi connectivity index (χ0v) is 16.8. The van der Waals surface area contributed by atoms with Gasteiger partial charge in [0, 0.05) is 23.6 Å². The van der Waals surface area contributed by atoms with Gasteiger partial charge in [-0.3, -0.25) is 9.52 Å². The molecule has 0 aromatic heterocycles. The minimum Gasteiger partial charge on any atom is -0.351 e. The maximum absolute atomic E-state index is 12.3. The summed E-state index contributed by atoms with van der Waals surface area (Å²) in [6.07, 6.45) is 1.09. The van der Waals surface area contributed by atoms with E-state index in [2.05, 4.69) is 35.2 Å². The zero-order chi connectivity index (χ0) is 19.2. The molecule has 140 valence electrons. The van der Waals surface area contributed by atoms with Crippen LogP contribution in [-0.4, -0.2) is 32.9 Å². The molecule has 0 fully saturated rings. The van der Waals surface area contributed by atoms with Crippen molar-refractivity contribution in [3.63, 3.8) is 0 Å². The van der Waals surface area contributed by atoms with Crippen molar-refractivity contribution in [1.82, 2.24) is 5.32 Å². The minimum absolute atomic E-state index is 0.210. The van der Waals surface area contributed by atoms with E-state index >= 15 is 0 Å². The van der Waals surface area contributed by atoms with Crippen molar-refractivity contribution in [2.75, 3.05) is 23.3 Å². The van der Waals surface area contributed by atoms with E-state index in [9.17, 15) is 13.2 Å². The molecular weight excluding hydrogens is 368 g/mol. The lowest BCUT2D eigenvalue weighted by Crippen LogP contribution is -2.26. The second kappa shape index (κ2) is 9.09. The lowest BCUT2D eigenvalue weighted by molar-refractivity contribution is 0.0956. The molecule has 5 nitrogen and oxygen atoms in total. The van der Waals surface area contributed by atoms with Crippen LogP contribution in [0.25, 0.3) is 0 Å². The summed E-state index contributed by atoms with van der Waals surface area (Å²) in [4.78, 5) is 12.3. The Morgan fingerprint density at radius 1 is 1.12 bits per heavy atom. The number of hydrogen-bond donors (Lipinski definition) is 2. The lowest BCUT2D eigenvalue weighted by Gasteiger charge is -2.10. The summed E-state index contributed by atoms with van der Waals surface area (Å²) in [5.74, 6) is 1.50. The number of carbonyl (C=O) groups excluding carboxylic acids is 1. The van der Waals surface area contributed by atoms with Crippen molar-refractivity contribution in [3.8, 4) is 0 Å². The number of rotatable bonds is 8. The number of amides is 1. The average molecular weight is 393 g/mol. The molecule has 7 heteroatoms. The predicted octanol–water partition coefficient (Wildman–Crippen LogP) is 3.34. The number of aryl methyl sites for hydroxylation is 2. The van der Waals surface area contributed by atoms with Gasteiger partial charge in [-0.1, -0.05) is 35.9 Å². The maximum atomic E-state index is 12.3. The van der Waals surface area contributed by atoms with Gasteiger partial charge in [-0.25, -0.2) is 8.42 Å². The monoisotopic (exact) mass is 392 g/mol. The highest BCUT2D eigenvalue weighted by molar-refractivity contribution is 7.98. The van der Waals surface area contributed by atoms with E-state index in [4.69, 9.17) is 0 Å². The van der Waals surface area contributed by atoms with Crippen LogP contribution < -0.4 is 10.0 Å². The number of carbonyl (C=O) groups is 1. The topological polar surface area (TPSA) is 75.3 Å². The second-order valence-electron chi connectivity index (χ2n) is 6.20. The van der Waals surface area contributed by atoms with Gasteiger partial charge in [0.05, 0.1) is 11.9 Å². The van der Waals surface area contributed by atoms with Crippen LogP contribution in [-0.2, 0) is 15.8 Å². The summed E-state index contributed by atoms with van der Waals surface area (Å²) in [5, 5.41) is 2.87. The number of hydrogen-bond acceptors (Lipinski definition) is 4. The van der Waals surface area contributed by atoms with Crippen molar-refractivity contribution in [1.29, 1.82) is 0 Å². The molecule has 1 amide bonds. The van der Waals surface area contributed by atoms with E-state index in [-0.39, 0.29) is 5.91 Å². The quantitative estimate of drug-likeness (QED) is 0.676. The summed E-state index contributed by atoms with van der Waals surface area (Å²) in [6.45, 7) is 4.41. The molecule has 0 bridgehead atoms. The molecule has 0 aliphatic rings. The predicted molar refractivity (Wildman–Crippen MR) is 109 cm³/mol. The van der Waals surface area contributed by atoms with Gasteiger partial charge in [-0.15, -0.1) is 0 Å². The largest absolute Gasteiger partial charge is 0.351 e. The normalized spacial score (nSPS) is 11.2. The molecule has 0 saturated heterocycles. The first kappa shape index (κ1) is 20.3. The molecule has 2 aromatic carbocycles. The summed E-state index contributed by atoms with van der Waals surface area (Å²) in [5.41, 5.74) is 4.14. The Morgan fingerprint density at radius 3 is 2.58 bits per heavy atom. The fraction of sp³-hybridized carbons (Fsp3) is 0.316. The smallest absolute Gasteiger partial charge is 0.251 e. The number of benzene rings is 2. The molecule has 0 atom stereocenters. The molecule has 0 spiro atoms. The molecule has 2 aromatic rings. The van der Waals surface area contributed by atoms with Crippen molar-refractivity contribution in [2.24, 2.45) is 0 Å². The van der Waals surface area contributed by atoms with Crippen LogP contribution in [0.2, 0.25) is 0 Å². The molecule has 26 heavy (non-hydrogen) atoms. The van der Waals surface area contributed by atoms with Crippen molar-refractivity contribution in [3.05, 3.63) is 64.7 Å². The highest BCUT2D eigenvalue weighted by Crippen LogP contribution is 2.18. The number of anilines is 1. The van der Waals surface area contributed by atoms with Crippen LogP contribution in [0.3, 0.4) is 0 Å². The van der Waals surface area contributed by atoms with Crippen LogP contribution in [0.15, 0.2) is 42.5 Å². The van der Waals surface area contributed by atoms with Crippen LogP contribution in [0.4, 0.5) is 5.69 Å². The summed E-state index contributed by atoms with van der Waals surface area (Å²) in [6, 6.07) is 13.4. The molecule has 2 rings (SSSR count). The van der Waals surface area contributed by atoms with Gasteiger partial charge in [0.25, 0.3) is 5.91 Å². The molecule has 0 heterocycles. The Bertz CT molecular complexity index is 880. The SMILES string of the molecule is Cc1cccc(CSCCNC(=O)c2ccc(C)c(NS(C)(=O)=O)c2)c1. The molecular formula is C19H24N2O3S2. The Kier molecular flexibility index (Phi) is 7.11. The Hall–Kier alpha value is -1.99. The summed E-state index contributed by atoms with van der Waals surface area (Å²) < 4.78 is 25.2. The second-order valence-corrected chi connectivity index (χ2v) is 9.06. The van der Waals surface area contributed by atoms with Gasteiger partial charge in [0.1, 0.15) is 0 Å². The van der Waals surface area contributed by atoms with Crippen molar-refractivity contribution in [2.45, 2.75) is 19.6 Å². The Balaban J connectivity index is 1.83. The number of thioether (sulfide) groups is 1. The third-order valence-electron chi connectivity index (χ3n) is 3.68. The van der Waals surface area contributed by atoms with E-state index in [0.717, 1.165) is 23.3 Å². The van der Waals surface area contributed by atoms with Crippen molar-refractivity contribution < 1.29 is 13.2 Å². The van der Waals surface area contributed by atoms with Gasteiger partial charge in [0.15, 0.2) is 0 Å². The third kappa shape index (κ3) is 6.72. The van der Waals surface area contributed by atoms with Crippen LogP contribution in [0.1, 0.15) is 27.0 Å². The van der Waals surface area contributed by atoms with Crippen LogP contribution in [0, 0.1) is 13.8 Å². The number of nitrogens with one attached hydrogen (secondary N) is 2. The van der Waals surface area contributed by atoms with E-state index in [1.165, 1.54) is 11.1 Å². The lowest BCUT2D eigenvalue weighted by atomic mass is 10.1. The van der Waals surface area contributed by atoms with Gasteiger partial charge in [-0.2, -0.15) is 11.8 Å². The van der Waals surface area contributed by atoms with Gasteiger partial charge in [-0.05, 0) is 37.1 Å². The first-order valence-corrected chi connectivity index (χ1v) is 11.3. The fourth-order valence-corrected chi connectivity index (χ4v) is 3.83. The van der Waals surface area contributed by atoms with Gasteiger partial charge >= 0.3 is 0 Å². The van der Waals surface area contributed by atoms with Crippen LogP contribution >= 0.6 is 11.8 Å². The third-order valence-corrected chi connectivity index (χ3v) is 5.30. The standard InChI is InChI=1S/C19H24N2O3S2/c1-14-5-4-6-16(11-14)13-25-10-9-20-19(22)17-8-7-15(2)18(12-17)21-26(3,23)24/h4-8,11-12,21H,9-10,13H2,1-3H3,(H,20,22). The average Bonchev–Trinajstić information content (AvgIpc) is 2.55. The highest BCUT2D eigenvalue weighted by atomic mass is 32.2. The number of sulfonamides is 1. The highest BCUT2D eigenvalue weighted by Gasteiger charge is 2.10. The fourth-order valence-electron chi connectivity index (χ4n) is 2.40. The van der Waals surface area contributed by atoms with Gasteiger partial charge in [0.2, 0.25) is 10.0 Å². The first-order chi connectivity index (χ1) is 12.2. The molecule has 2 N–H and O–H groups in total. The van der Waals surface area contributed by atoms with Crippen LogP contribution in [0.5, 0.6) is 0 Å². The van der Waals surface area contributed by atoms with Gasteiger partial charge < -0.3 is 5.32 Å².